The highest BCUT2D eigenvalue weighted by atomic mass is 19.4. The molecular weight excluding hydrogens is 501 g/mol. The summed E-state index contributed by atoms with van der Waals surface area (Å²) < 4.78 is 31.7. The van der Waals surface area contributed by atoms with Crippen molar-refractivity contribution in [1.82, 2.24) is 0 Å². The Morgan fingerprint density at radius 2 is 1.55 bits per heavy atom. The number of aliphatic carboxylic acids is 1. The van der Waals surface area contributed by atoms with E-state index in [4.69, 9.17) is 9.90 Å². The molecule has 0 unspecified atom stereocenters. The second-order valence-corrected chi connectivity index (χ2v) is 8.42. The summed E-state index contributed by atoms with van der Waals surface area (Å²) in [6.45, 7) is 5.53. The first-order valence-electron chi connectivity index (χ1n) is 11.8. The van der Waals surface area contributed by atoms with Gasteiger partial charge in [0.2, 0.25) is 0 Å². The lowest BCUT2D eigenvalue weighted by molar-refractivity contribution is -0.192. The van der Waals surface area contributed by atoms with Crippen LogP contribution in [-0.4, -0.2) is 40.8 Å². The van der Waals surface area contributed by atoms with Crippen molar-refractivity contribution < 1.29 is 37.8 Å². The minimum absolute atomic E-state index is 0.137. The van der Waals surface area contributed by atoms with Crippen molar-refractivity contribution in [3.8, 4) is 0 Å². The van der Waals surface area contributed by atoms with Gasteiger partial charge in [-0.3, -0.25) is 4.79 Å². The highest BCUT2D eigenvalue weighted by Crippen LogP contribution is 2.30. The molecule has 0 saturated carbocycles. The number of rotatable bonds is 9. The lowest BCUT2D eigenvalue weighted by atomic mass is 10.1. The van der Waals surface area contributed by atoms with Crippen molar-refractivity contribution in [2.45, 2.75) is 39.4 Å². The Morgan fingerprint density at radius 1 is 0.895 bits per heavy atom. The molecule has 7 nitrogen and oxygen atoms in total. The molecule has 10 heteroatoms. The van der Waals surface area contributed by atoms with E-state index in [-0.39, 0.29) is 11.5 Å². The van der Waals surface area contributed by atoms with E-state index in [2.05, 4.69) is 29.3 Å². The van der Waals surface area contributed by atoms with E-state index in [1.54, 1.807) is 18.2 Å². The number of aromatic carboxylic acids is 1. The van der Waals surface area contributed by atoms with Crippen LogP contribution >= 0.6 is 0 Å². The maximum atomic E-state index is 12.9. The molecule has 0 saturated heterocycles. The standard InChI is InChI=1S/C26H28N2O3.C2HF3O2/c1-3-4-15-28(18-20-10-6-5-7-11-20)24-14-13-22(26(30)31)17-23(24)27-25(29)21-12-8-9-19(2)16-21;3-2(4,5)1(6)7/h5-14,16-17H,3-4,15,18H2,1-2H3,(H,27,29)(H,30,31);(H,6,7). The first-order valence-corrected chi connectivity index (χ1v) is 11.8. The van der Waals surface area contributed by atoms with Gasteiger partial charge in [-0.25, -0.2) is 9.59 Å². The molecule has 0 bridgehead atoms. The molecule has 0 aliphatic rings. The number of carboxylic acid groups (broad SMARTS) is 2. The third-order valence-corrected chi connectivity index (χ3v) is 5.35. The zero-order valence-electron chi connectivity index (χ0n) is 21.0. The molecule has 3 N–H and O–H groups in total. The molecule has 3 rings (SSSR count). The van der Waals surface area contributed by atoms with Gasteiger partial charge in [0.1, 0.15) is 0 Å². The van der Waals surface area contributed by atoms with Crippen molar-refractivity contribution >= 4 is 29.2 Å². The SMILES string of the molecule is CCCCN(Cc1ccccc1)c1ccc(C(=O)O)cc1NC(=O)c1cccc(C)c1.O=C(O)C(F)(F)F. The average molecular weight is 531 g/mol. The Morgan fingerprint density at radius 3 is 2.11 bits per heavy atom. The number of benzene rings is 3. The molecule has 0 radical (unpaired) electrons. The Kier molecular flexibility index (Phi) is 10.9. The van der Waals surface area contributed by atoms with Crippen LogP contribution in [0.2, 0.25) is 0 Å². The molecule has 202 valence electrons. The summed E-state index contributed by atoms with van der Waals surface area (Å²) in [5.74, 6) is -4.05. The molecule has 38 heavy (non-hydrogen) atoms. The number of unbranched alkanes of at least 4 members (excludes halogenated alkanes) is 1. The van der Waals surface area contributed by atoms with Gasteiger partial charge in [0, 0.05) is 18.7 Å². The lowest BCUT2D eigenvalue weighted by Crippen LogP contribution is -2.26. The van der Waals surface area contributed by atoms with Crippen molar-refractivity contribution in [3.05, 3.63) is 95.1 Å². The molecule has 3 aromatic carbocycles. The number of nitrogens with one attached hydrogen (secondary N) is 1. The third kappa shape index (κ3) is 9.27. The Balaban J connectivity index is 0.000000638. The minimum Gasteiger partial charge on any atom is -0.478 e. The molecule has 0 aliphatic heterocycles. The molecule has 0 spiro atoms. The van der Waals surface area contributed by atoms with Crippen LogP contribution in [0.5, 0.6) is 0 Å². The Bertz CT molecular complexity index is 1250. The number of halogens is 3. The van der Waals surface area contributed by atoms with Gasteiger partial charge in [-0.1, -0.05) is 61.4 Å². The maximum Gasteiger partial charge on any atom is 0.490 e. The number of amides is 1. The predicted octanol–water partition coefficient (Wildman–Crippen LogP) is 6.39. The Labute approximate surface area is 218 Å². The topological polar surface area (TPSA) is 107 Å². The first kappa shape index (κ1) is 29.9. The fourth-order valence-corrected chi connectivity index (χ4v) is 3.46. The van der Waals surface area contributed by atoms with Crippen molar-refractivity contribution in [1.29, 1.82) is 0 Å². The predicted molar refractivity (Wildman–Crippen MR) is 139 cm³/mol. The van der Waals surface area contributed by atoms with Crippen LogP contribution in [0.4, 0.5) is 24.5 Å². The second kappa shape index (κ2) is 13.8. The molecule has 0 heterocycles. The largest absolute Gasteiger partial charge is 0.490 e. The number of aryl methyl sites for hydroxylation is 1. The lowest BCUT2D eigenvalue weighted by Gasteiger charge is -2.28. The molecule has 3 aromatic rings. The quantitative estimate of drug-likeness (QED) is 0.296. The summed E-state index contributed by atoms with van der Waals surface area (Å²) in [7, 11) is 0. The first-order chi connectivity index (χ1) is 17.9. The number of carboxylic acids is 2. The average Bonchev–Trinajstić information content (AvgIpc) is 2.87. The van der Waals surface area contributed by atoms with Gasteiger partial charge >= 0.3 is 18.1 Å². The monoisotopic (exact) mass is 530 g/mol. The van der Waals surface area contributed by atoms with E-state index in [1.807, 2.05) is 43.3 Å². The summed E-state index contributed by atoms with van der Waals surface area (Å²) in [5, 5.41) is 19.5. The summed E-state index contributed by atoms with van der Waals surface area (Å²) in [4.78, 5) is 35.6. The fraction of sp³-hybridized carbons (Fsp3) is 0.250. The van der Waals surface area contributed by atoms with Gasteiger partial charge in [-0.2, -0.15) is 13.2 Å². The molecular formula is C28H29F3N2O5. The molecule has 0 atom stereocenters. The van der Waals surface area contributed by atoms with E-state index in [0.29, 0.717) is 17.8 Å². The van der Waals surface area contributed by atoms with Crippen molar-refractivity contribution in [3.63, 3.8) is 0 Å². The molecule has 0 aliphatic carbocycles. The van der Waals surface area contributed by atoms with E-state index < -0.39 is 18.1 Å². The van der Waals surface area contributed by atoms with Gasteiger partial charge in [0.15, 0.2) is 0 Å². The number of hydrogen-bond donors (Lipinski definition) is 3. The number of hydrogen-bond acceptors (Lipinski definition) is 4. The summed E-state index contributed by atoms with van der Waals surface area (Å²) >= 11 is 0. The van der Waals surface area contributed by atoms with Crippen LogP contribution in [0.15, 0.2) is 72.8 Å². The van der Waals surface area contributed by atoms with E-state index in [1.165, 1.54) is 6.07 Å². The normalized spacial score (nSPS) is 10.7. The molecule has 1 amide bonds. The number of carbonyl (C=O) groups is 3. The highest BCUT2D eigenvalue weighted by molar-refractivity contribution is 6.06. The zero-order valence-corrected chi connectivity index (χ0v) is 21.0. The summed E-state index contributed by atoms with van der Waals surface area (Å²) in [6.07, 6.45) is -3.07. The van der Waals surface area contributed by atoms with E-state index in [0.717, 1.165) is 36.2 Å². The van der Waals surface area contributed by atoms with Gasteiger partial charge in [-0.15, -0.1) is 0 Å². The van der Waals surface area contributed by atoms with Gasteiger partial charge in [-0.05, 0) is 49.2 Å². The van der Waals surface area contributed by atoms with Crippen LogP contribution in [0, 0.1) is 6.92 Å². The van der Waals surface area contributed by atoms with Crippen LogP contribution in [0.25, 0.3) is 0 Å². The third-order valence-electron chi connectivity index (χ3n) is 5.35. The summed E-state index contributed by atoms with van der Waals surface area (Å²) in [6, 6.07) is 22.4. The van der Waals surface area contributed by atoms with Crippen LogP contribution < -0.4 is 10.2 Å². The van der Waals surface area contributed by atoms with Crippen LogP contribution in [-0.2, 0) is 11.3 Å². The smallest absolute Gasteiger partial charge is 0.478 e. The van der Waals surface area contributed by atoms with Crippen molar-refractivity contribution in [2.24, 2.45) is 0 Å². The fourth-order valence-electron chi connectivity index (χ4n) is 3.46. The van der Waals surface area contributed by atoms with Gasteiger partial charge in [0.05, 0.1) is 16.9 Å². The van der Waals surface area contributed by atoms with Crippen LogP contribution in [0.3, 0.4) is 0 Å². The number of nitrogens with zero attached hydrogens (tertiary/aromatic N) is 1. The van der Waals surface area contributed by atoms with Gasteiger partial charge < -0.3 is 20.4 Å². The number of anilines is 2. The highest BCUT2D eigenvalue weighted by Gasteiger charge is 2.38. The molecule has 0 fully saturated rings. The minimum atomic E-state index is -5.08. The molecule has 0 aromatic heterocycles. The van der Waals surface area contributed by atoms with E-state index >= 15 is 0 Å². The number of alkyl halides is 3. The van der Waals surface area contributed by atoms with Gasteiger partial charge in [0.25, 0.3) is 5.91 Å². The maximum absolute atomic E-state index is 12.9. The van der Waals surface area contributed by atoms with Crippen LogP contribution in [0.1, 0.15) is 51.6 Å². The second-order valence-electron chi connectivity index (χ2n) is 8.42. The van der Waals surface area contributed by atoms with E-state index in [9.17, 15) is 27.9 Å². The van der Waals surface area contributed by atoms with Crippen molar-refractivity contribution in [2.75, 3.05) is 16.8 Å². The number of carbonyl (C=O) groups excluding carboxylic acids is 1. The summed E-state index contributed by atoms with van der Waals surface area (Å²) in [5.41, 5.74) is 4.12. The zero-order chi connectivity index (χ0) is 28.3. The Hall–Kier alpha value is -4.34.